The van der Waals surface area contributed by atoms with Gasteiger partial charge in [-0.05, 0) is 71.1 Å². The van der Waals surface area contributed by atoms with Gasteiger partial charge in [-0.25, -0.2) is 10.4 Å². The summed E-state index contributed by atoms with van der Waals surface area (Å²) in [6.45, 7) is 11.9. The number of pyridine rings is 1. The number of hydrogen-bond acceptors (Lipinski definition) is 8. The smallest absolute Gasteiger partial charge is 0.325 e. The second-order valence-corrected chi connectivity index (χ2v) is 12.6. The van der Waals surface area contributed by atoms with Crippen LogP contribution in [0.5, 0.6) is 0 Å². The molecule has 0 spiro atoms. The third kappa shape index (κ3) is 6.88. The molecule has 1 fully saturated rings. The van der Waals surface area contributed by atoms with Gasteiger partial charge in [-0.2, -0.15) is 0 Å². The number of benzene rings is 1. The van der Waals surface area contributed by atoms with Gasteiger partial charge in [-0.1, -0.05) is 44.2 Å². The fraction of sp³-hybridized carbons (Fsp3) is 0.531. The summed E-state index contributed by atoms with van der Waals surface area (Å²) in [7, 11) is 0. The third-order valence-electron chi connectivity index (χ3n) is 8.50. The zero-order chi connectivity index (χ0) is 31.7. The molecular formula is C32H43N5O6. The molecule has 0 unspecified atom stereocenters. The number of hydrazine groups is 1. The molecule has 11 nitrogen and oxygen atoms in total. The summed E-state index contributed by atoms with van der Waals surface area (Å²) in [5.74, 6) is -2.32. The molecule has 11 heteroatoms. The lowest BCUT2D eigenvalue weighted by Crippen LogP contribution is -2.62. The lowest BCUT2D eigenvalue weighted by atomic mass is 9.73. The van der Waals surface area contributed by atoms with Crippen molar-refractivity contribution in [3.8, 4) is 0 Å². The molecule has 43 heavy (non-hydrogen) atoms. The number of aromatic nitrogens is 1. The Balaban J connectivity index is 1.77. The number of hydrogen-bond donors (Lipinski definition) is 4. The van der Waals surface area contributed by atoms with Crippen molar-refractivity contribution in [2.24, 2.45) is 11.3 Å². The Kier molecular flexibility index (Phi) is 9.27. The number of carbonyl (C=O) groups excluding carboxylic acids is 4. The highest BCUT2D eigenvalue weighted by Gasteiger charge is 2.46. The first kappa shape index (κ1) is 32.1. The van der Waals surface area contributed by atoms with Gasteiger partial charge in [0.25, 0.3) is 5.91 Å². The molecule has 1 aromatic heterocycles. The molecular weight excluding hydrogens is 550 g/mol. The first-order valence-electron chi connectivity index (χ1n) is 14.8. The molecule has 2 aliphatic heterocycles. The fourth-order valence-corrected chi connectivity index (χ4v) is 5.16. The van der Waals surface area contributed by atoms with Gasteiger partial charge in [0.15, 0.2) is 0 Å². The number of amides is 3. The second kappa shape index (κ2) is 12.4. The highest BCUT2D eigenvalue weighted by atomic mass is 16.5. The van der Waals surface area contributed by atoms with E-state index in [1.54, 1.807) is 66.7 Å². The van der Waals surface area contributed by atoms with Crippen molar-refractivity contribution in [3.05, 3.63) is 47.7 Å². The van der Waals surface area contributed by atoms with Crippen LogP contribution >= 0.6 is 0 Å². The number of rotatable bonds is 2. The molecule has 0 radical (unpaired) electrons. The van der Waals surface area contributed by atoms with E-state index in [4.69, 9.17) is 9.72 Å². The maximum atomic E-state index is 13.8. The van der Waals surface area contributed by atoms with Crippen molar-refractivity contribution < 1.29 is 29.0 Å². The van der Waals surface area contributed by atoms with Gasteiger partial charge in [0.05, 0.1) is 22.2 Å². The molecule has 2 aliphatic rings. The fourth-order valence-electron chi connectivity index (χ4n) is 5.16. The van der Waals surface area contributed by atoms with Gasteiger partial charge in [-0.3, -0.25) is 24.2 Å². The van der Waals surface area contributed by atoms with Crippen molar-refractivity contribution in [2.45, 2.75) is 91.1 Å². The van der Waals surface area contributed by atoms with Gasteiger partial charge >= 0.3 is 5.97 Å². The zero-order valence-electron chi connectivity index (χ0n) is 25.9. The van der Waals surface area contributed by atoms with Gasteiger partial charge in [-0.15, -0.1) is 0 Å². The summed E-state index contributed by atoms with van der Waals surface area (Å²) in [6.07, 6.45) is 3.77. The molecule has 3 amide bonds. The van der Waals surface area contributed by atoms with Crippen molar-refractivity contribution in [1.82, 2.24) is 26.1 Å². The zero-order valence-corrected chi connectivity index (χ0v) is 25.9. The summed E-state index contributed by atoms with van der Waals surface area (Å²) >= 11 is 0. The van der Waals surface area contributed by atoms with Crippen LogP contribution in [0.3, 0.4) is 0 Å². The summed E-state index contributed by atoms with van der Waals surface area (Å²) in [6, 6.07) is 6.68. The summed E-state index contributed by atoms with van der Waals surface area (Å²) in [5.41, 5.74) is 2.01. The van der Waals surface area contributed by atoms with Crippen molar-refractivity contribution in [2.75, 3.05) is 6.54 Å². The second-order valence-electron chi connectivity index (χ2n) is 12.6. The maximum absolute atomic E-state index is 13.8. The van der Waals surface area contributed by atoms with E-state index in [0.717, 1.165) is 10.9 Å². The van der Waals surface area contributed by atoms with E-state index in [1.165, 1.54) is 5.01 Å². The van der Waals surface area contributed by atoms with E-state index >= 15 is 0 Å². The molecule has 3 heterocycles. The Morgan fingerprint density at radius 1 is 1.09 bits per heavy atom. The van der Waals surface area contributed by atoms with E-state index in [2.05, 4.69) is 16.1 Å². The van der Waals surface area contributed by atoms with E-state index < -0.39 is 58.9 Å². The van der Waals surface area contributed by atoms with Gasteiger partial charge in [0.2, 0.25) is 11.8 Å². The minimum atomic E-state index is -1.50. The van der Waals surface area contributed by atoms with Crippen molar-refractivity contribution in [1.29, 1.82) is 0 Å². The SMILES string of the molecule is CC(C)[C@@H]1NC(=O)[C@@](C)(C(C)(C)O)/C=C/c2ccc3ccc(nc3c2)[C@@H](C)OC(=O)[C@@H]2CCCN(N2)C(=O)[C@H](C)NC1=O. The number of cyclic esters (lactones) is 1. The standard InChI is InChI=1S/C32H43N5O6/c1-18(2)26-27(38)33-19(3)28(39)37-16-8-9-24(36-37)29(40)43-20(4)23-13-12-22-11-10-21(17-25(22)34-23)14-15-32(7,30(41)35-26)31(5,6)42/h10-15,17-20,24,26,36,42H,8-9,16H2,1-7H3,(H,33,38)(H,35,41)/b15-14+/t19-,20+,24-,26-,32-/m0/s1. The quantitative estimate of drug-likeness (QED) is 0.389. The number of nitrogens with one attached hydrogen (secondary N) is 3. The highest BCUT2D eigenvalue weighted by Crippen LogP contribution is 2.34. The third-order valence-corrected chi connectivity index (χ3v) is 8.50. The molecule has 1 saturated heterocycles. The molecule has 0 aliphatic carbocycles. The maximum Gasteiger partial charge on any atom is 0.325 e. The Morgan fingerprint density at radius 2 is 1.79 bits per heavy atom. The van der Waals surface area contributed by atoms with E-state index in [-0.39, 0.29) is 5.92 Å². The number of ether oxygens (including phenoxy) is 1. The number of aliphatic hydroxyl groups is 1. The van der Waals surface area contributed by atoms with Crippen LogP contribution in [-0.4, -0.2) is 69.1 Å². The molecule has 5 atom stereocenters. The predicted octanol–water partition coefficient (Wildman–Crippen LogP) is 2.78. The van der Waals surface area contributed by atoms with Crippen LogP contribution < -0.4 is 16.1 Å². The van der Waals surface area contributed by atoms with Crippen LogP contribution in [0.25, 0.3) is 17.0 Å². The number of fused-ring (bicyclic) bond motifs is 4. The minimum absolute atomic E-state index is 0.321. The average molecular weight is 594 g/mol. The number of nitrogens with zero attached hydrogens (tertiary/aromatic N) is 2. The van der Waals surface area contributed by atoms with Gasteiger partial charge in [0, 0.05) is 11.9 Å². The Labute approximate surface area is 252 Å². The molecule has 2 aromatic rings. The summed E-state index contributed by atoms with van der Waals surface area (Å²) in [5, 5.41) is 18.9. The summed E-state index contributed by atoms with van der Waals surface area (Å²) < 4.78 is 5.76. The Morgan fingerprint density at radius 3 is 2.47 bits per heavy atom. The van der Waals surface area contributed by atoms with Crippen molar-refractivity contribution >= 4 is 40.7 Å². The molecule has 1 aromatic carbocycles. The van der Waals surface area contributed by atoms with Crippen LogP contribution in [0.4, 0.5) is 0 Å². The summed E-state index contributed by atoms with van der Waals surface area (Å²) in [4.78, 5) is 58.3. The number of carbonyl (C=O) groups is 4. The molecule has 4 N–H and O–H groups in total. The van der Waals surface area contributed by atoms with Crippen LogP contribution in [0.15, 0.2) is 36.4 Å². The van der Waals surface area contributed by atoms with E-state index in [0.29, 0.717) is 30.6 Å². The van der Waals surface area contributed by atoms with E-state index in [1.807, 2.05) is 24.3 Å². The van der Waals surface area contributed by atoms with Gasteiger partial charge < -0.3 is 20.5 Å². The van der Waals surface area contributed by atoms with Gasteiger partial charge in [0.1, 0.15) is 24.2 Å². The number of esters is 1. The average Bonchev–Trinajstić information content (AvgIpc) is 2.96. The Hall–Kier alpha value is -3.83. The predicted molar refractivity (Wildman–Crippen MR) is 162 cm³/mol. The van der Waals surface area contributed by atoms with Crippen LogP contribution in [0.1, 0.15) is 78.7 Å². The van der Waals surface area contributed by atoms with Crippen LogP contribution in [0, 0.1) is 11.3 Å². The first-order valence-corrected chi connectivity index (χ1v) is 14.8. The van der Waals surface area contributed by atoms with Crippen LogP contribution in [-0.2, 0) is 23.9 Å². The molecule has 0 saturated carbocycles. The molecule has 232 valence electrons. The topological polar surface area (TPSA) is 150 Å². The normalized spacial score (nSPS) is 28.8. The lowest BCUT2D eigenvalue weighted by Gasteiger charge is -2.38. The molecule has 4 rings (SSSR count). The first-order chi connectivity index (χ1) is 20.1. The van der Waals surface area contributed by atoms with Crippen molar-refractivity contribution in [3.63, 3.8) is 0 Å². The van der Waals surface area contributed by atoms with E-state index in [9.17, 15) is 24.3 Å². The largest absolute Gasteiger partial charge is 0.455 e. The Bertz CT molecular complexity index is 1430. The minimum Gasteiger partial charge on any atom is -0.455 e. The van der Waals surface area contributed by atoms with Crippen LogP contribution in [0.2, 0.25) is 0 Å². The monoisotopic (exact) mass is 593 g/mol. The molecule has 5 bridgehead atoms. The lowest BCUT2D eigenvalue weighted by molar-refractivity contribution is -0.157. The highest BCUT2D eigenvalue weighted by molar-refractivity contribution is 5.94.